The zero-order valence-electron chi connectivity index (χ0n) is 19.4. The van der Waals surface area contributed by atoms with Gasteiger partial charge in [-0.15, -0.1) is 0 Å². The number of amides is 2. The van der Waals surface area contributed by atoms with Crippen molar-refractivity contribution < 1.29 is 32.2 Å². The number of hydrogen-bond donors (Lipinski definition) is 4. The van der Waals surface area contributed by atoms with Gasteiger partial charge < -0.3 is 32.0 Å². The molecule has 1 aliphatic rings. The molecule has 0 aliphatic carbocycles. The van der Waals surface area contributed by atoms with Crippen LogP contribution in [-0.2, 0) is 16.1 Å². The molecule has 1 saturated heterocycles. The maximum Gasteiger partial charge on any atom is 0.255 e. The Morgan fingerprint density at radius 3 is 2.42 bits per heavy atom. The molecule has 0 aromatic heterocycles. The number of halogens is 3. The molecule has 192 valence electrons. The number of hydrogen-bond acceptors (Lipinski definition) is 6. The zero-order valence-corrected chi connectivity index (χ0v) is 19.4. The van der Waals surface area contributed by atoms with Gasteiger partial charge >= 0.3 is 0 Å². The Balaban J connectivity index is 1.86. The van der Waals surface area contributed by atoms with Crippen molar-refractivity contribution in [2.45, 2.75) is 25.4 Å². The van der Waals surface area contributed by atoms with E-state index in [4.69, 9.17) is 26.7 Å². The van der Waals surface area contributed by atoms with E-state index in [-0.39, 0.29) is 40.0 Å². The van der Waals surface area contributed by atoms with E-state index in [2.05, 4.69) is 10.3 Å². The van der Waals surface area contributed by atoms with E-state index < -0.39 is 41.4 Å². The normalized spacial score (nSPS) is 16.8. The van der Waals surface area contributed by atoms with Gasteiger partial charge in [0.15, 0.2) is 0 Å². The van der Waals surface area contributed by atoms with Crippen molar-refractivity contribution in [3.63, 3.8) is 0 Å². The minimum Gasteiger partial charge on any atom is -0.496 e. The summed E-state index contributed by atoms with van der Waals surface area (Å²) in [7, 11) is 1.29. The predicted molar refractivity (Wildman–Crippen MR) is 126 cm³/mol. The van der Waals surface area contributed by atoms with Crippen LogP contribution in [0.3, 0.4) is 0 Å². The highest BCUT2D eigenvalue weighted by Crippen LogP contribution is 2.23. The topological polar surface area (TPSA) is 155 Å². The van der Waals surface area contributed by atoms with E-state index in [1.54, 1.807) is 0 Å². The fourth-order valence-electron chi connectivity index (χ4n) is 3.68. The van der Waals surface area contributed by atoms with E-state index in [0.717, 1.165) is 30.7 Å². The summed E-state index contributed by atoms with van der Waals surface area (Å²) in [6.45, 7) is 0.333. The highest BCUT2D eigenvalue weighted by Gasteiger charge is 2.22. The van der Waals surface area contributed by atoms with Crippen LogP contribution in [0.25, 0.3) is 5.70 Å². The second kappa shape index (κ2) is 11.6. The number of rotatable bonds is 8. The first-order chi connectivity index (χ1) is 17.1. The summed E-state index contributed by atoms with van der Waals surface area (Å²) in [6, 6.07) is 4.74. The third-order valence-electron chi connectivity index (χ3n) is 5.51. The van der Waals surface area contributed by atoms with E-state index >= 15 is 0 Å². The van der Waals surface area contributed by atoms with Crippen LogP contribution < -0.4 is 27.3 Å². The first-order valence-corrected chi connectivity index (χ1v) is 10.9. The standard InChI is InChI=1S/C24H26F3N5O4/c1-35-19-5-4-13(25)9-15(19)24(34)31-10-16-17(26)7-12(8-18(16)27)21(28)20(23(30)33)22(29)32-14-3-2-6-36-11-14/h4-5,7-9,14H,2-3,6,10-11,28H2,1H3,(H2,29,32)(H2,30,33)(H,31,34). The van der Waals surface area contributed by atoms with Crippen molar-refractivity contribution in [3.8, 4) is 5.75 Å². The summed E-state index contributed by atoms with van der Waals surface area (Å²) >= 11 is 0. The molecule has 0 spiro atoms. The molecule has 9 nitrogen and oxygen atoms in total. The van der Waals surface area contributed by atoms with Gasteiger partial charge in [-0.1, -0.05) is 0 Å². The fourth-order valence-corrected chi connectivity index (χ4v) is 3.68. The lowest BCUT2D eigenvalue weighted by atomic mass is 10.0. The number of aliphatic imine (C=N–C) groups is 1. The number of amidine groups is 1. The Morgan fingerprint density at radius 2 is 1.83 bits per heavy atom. The van der Waals surface area contributed by atoms with Crippen LogP contribution in [0.15, 0.2) is 40.9 Å². The van der Waals surface area contributed by atoms with E-state index in [0.29, 0.717) is 19.6 Å². The molecule has 36 heavy (non-hydrogen) atoms. The van der Waals surface area contributed by atoms with Crippen molar-refractivity contribution in [2.24, 2.45) is 22.2 Å². The van der Waals surface area contributed by atoms with Crippen LogP contribution in [0.4, 0.5) is 13.2 Å². The monoisotopic (exact) mass is 505 g/mol. The molecule has 1 atom stereocenters. The molecule has 3 rings (SSSR count). The molecule has 7 N–H and O–H groups in total. The van der Waals surface area contributed by atoms with Gasteiger partial charge in [-0.3, -0.25) is 14.6 Å². The second-order valence-electron chi connectivity index (χ2n) is 7.98. The predicted octanol–water partition coefficient (Wildman–Crippen LogP) is 1.73. The lowest BCUT2D eigenvalue weighted by Gasteiger charge is -2.19. The Morgan fingerprint density at radius 1 is 1.14 bits per heavy atom. The summed E-state index contributed by atoms with van der Waals surface area (Å²) < 4.78 is 53.5. The lowest BCUT2D eigenvalue weighted by molar-refractivity contribution is -0.114. The minimum absolute atomic E-state index is 0.0844. The van der Waals surface area contributed by atoms with Gasteiger partial charge in [0.25, 0.3) is 11.8 Å². The summed E-state index contributed by atoms with van der Waals surface area (Å²) in [6.07, 6.45) is 1.44. The molecule has 1 fully saturated rings. The van der Waals surface area contributed by atoms with E-state index in [1.807, 2.05) is 0 Å². The Kier molecular flexibility index (Phi) is 8.54. The van der Waals surface area contributed by atoms with Gasteiger partial charge in [-0.2, -0.15) is 0 Å². The highest BCUT2D eigenvalue weighted by molar-refractivity contribution is 6.24. The molecule has 0 radical (unpaired) electrons. The Hall–Kier alpha value is -4.06. The van der Waals surface area contributed by atoms with E-state index in [9.17, 15) is 22.8 Å². The number of methoxy groups -OCH3 is 1. The molecular formula is C24H26F3N5O4. The zero-order chi connectivity index (χ0) is 26.4. The summed E-state index contributed by atoms with van der Waals surface area (Å²) in [4.78, 5) is 28.7. The second-order valence-corrected chi connectivity index (χ2v) is 7.98. The molecule has 2 aromatic carbocycles. The molecule has 12 heteroatoms. The molecule has 0 saturated carbocycles. The van der Waals surface area contributed by atoms with Crippen molar-refractivity contribution in [2.75, 3.05) is 20.3 Å². The number of carbonyl (C=O) groups excluding carboxylic acids is 2. The molecule has 0 bridgehead atoms. The van der Waals surface area contributed by atoms with Crippen LogP contribution in [-0.4, -0.2) is 44.0 Å². The average molecular weight is 505 g/mol. The number of ether oxygens (including phenoxy) is 2. The maximum absolute atomic E-state index is 14.8. The Labute approximate surface area is 205 Å². The summed E-state index contributed by atoms with van der Waals surface area (Å²) in [5.74, 6) is -4.81. The first-order valence-electron chi connectivity index (χ1n) is 10.9. The van der Waals surface area contributed by atoms with Gasteiger partial charge in [-0.25, -0.2) is 13.2 Å². The largest absolute Gasteiger partial charge is 0.496 e. The number of benzene rings is 2. The fraction of sp³-hybridized carbons (Fsp3) is 0.292. The molecule has 2 amide bonds. The minimum atomic E-state index is -1.06. The van der Waals surface area contributed by atoms with Gasteiger partial charge in [0.05, 0.1) is 31.0 Å². The average Bonchev–Trinajstić information content (AvgIpc) is 2.83. The van der Waals surface area contributed by atoms with E-state index in [1.165, 1.54) is 13.2 Å². The van der Waals surface area contributed by atoms with Crippen molar-refractivity contribution >= 4 is 23.3 Å². The van der Waals surface area contributed by atoms with Crippen molar-refractivity contribution in [3.05, 3.63) is 70.0 Å². The quantitative estimate of drug-likeness (QED) is 0.243. The van der Waals surface area contributed by atoms with Gasteiger partial charge in [0, 0.05) is 24.3 Å². The van der Waals surface area contributed by atoms with Gasteiger partial charge in [-0.05, 0) is 43.2 Å². The van der Waals surface area contributed by atoms with Crippen LogP contribution in [0.2, 0.25) is 0 Å². The van der Waals surface area contributed by atoms with Crippen LogP contribution in [0.5, 0.6) is 5.75 Å². The Bertz CT molecular complexity index is 1200. The van der Waals surface area contributed by atoms with Crippen molar-refractivity contribution in [1.82, 2.24) is 5.32 Å². The highest BCUT2D eigenvalue weighted by atomic mass is 19.1. The van der Waals surface area contributed by atoms with Crippen LogP contribution >= 0.6 is 0 Å². The number of nitrogens with two attached hydrogens (primary N) is 3. The van der Waals surface area contributed by atoms with Gasteiger partial charge in [0.2, 0.25) is 0 Å². The van der Waals surface area contributed by atoms with Crippen LogP contribution in [0, 0.1) is 17.5 Å². The number of carbonyl (C=O) groups is 2. The summed E-state index contributed by atoms with van der Waals surface area (Å²) in [5, 5.41) is 2.32. The lowest BCUT2D eigenvalue weighted by Crippen LogP contribution is -2.32. The van der Waals surface area contributed by atoms with Crippen molar-refractivity contribution in [1.29, 1.82) is 0 Å². The smallest absolute Gasteiger partial charge is 0.255 e. The van der Waals surface area contributed by atoms with Crippen LogP contribution in [0.1, 0.15) is 34.3 Å². The summed E-state index contributed by atoms with van der Waals surface area (Å²) in [5.41, 5.74) is 15.8. The molecule has 1 unspecified atom stereocenters. The maximum atomic E-state index is 14.8. The number of primary amides is 1. The molecule has 2 aromatic rings. The third kappa shape index (κ3) is 6.13. The third-order valence-corrected chi connectivity index (χ3v) is 5.51. The molecular weight excluding hydrogens is 479 g/mol. The molecule has 1 heterocycles. The SMILES string of the molecule is COc1ccc(F)cc1C(=O)NCc1c(F)cc(C(N)=C(C(N)=O)C(N)=NC2CCCOC2)cc1F. The molecule has 1 aliphatic heterocycles. The number of nitrogens with zero attached hydrogens (tertiary/aromatic N) is 1. The van der Waals surface area contributed by atoms with Gasteiger partial charge in [0.1, 0.15) is 34.6 Å². The first kappa shape index (κ1) is 26.5. The number of nitrogens with one attached hydrogen (secondary N) is 1.